The SMILES string of the molecule is C/C=C/c1ccccc1C(=O)OC. The molecule has 1 aromatic rings. The summed E-state index contributed by atoms with van der Waals surface area (Å²) >= 11 is 0. The fraction of sp³-hybridized carbons (Fsp3) is 0.182. The Morgan fingerprint density at radius 1 is 1.38 bits per heavy atom. The second-order valence-corrected chi connectivity index (χ2v) is 2.58. The molecular formula is C11H12O2. The zero-order valence-corrected chi connectivity index (χ0v) is 7.78. The first-order chi connectivity index (χ1) is 6.29. The van der Waals surface area contributed by atoms with Crippen LogP contribution >= 0.6 is 0 Å². The van der Waals surface area contributed by atoms with Crippen LogP contribution in [0.25, 0.3) is 6.08 Å². The third-order valence-electron chi connectivity index (χ3n) is 1.71. The summed E-state index contributed by atoms with van der Waals surface area (Å²) in [5.74, 6) is -0.297. The van der Waals surface area contributed by atoms with Gasteiger partial charge >= 0.3 is 5.97 Å². The van der Waals surface area contributed by atoms with Gasteiger partial charge in [0.15, 0.2) is 0 Å². The Bertz CT molecular complexity index is 327. The van der Waals surface area contributed by atoms with Gasteiger partial charge in [-0.15, -0.1) is 0 Å². The minimum absolute atomic E-state index is 0.297. The summed E-state index contributed by atoms with van der Waals surface area (Å²) in [4.78, 5) is 11.3. The monoisotopic (exact) mass is 176 g/mol. The molecule has 0 radical (unpaired) electrons. The number of hydrogen-bond acceptors (Lipinski definition) is 2. The van der Waals surface area contributed by atoms with Gasteiger partial charge < -0.3 is 4.74 Å². The number of allylic oxidation sites excluding steroid dienone is 1. The summed E-state index contributed by atoms with van der Waals surface area (Å²) in [7, 11) is 1.38. The molecule has 0 bridgehead atoms. The maximum absolute atomic E-state index is 11.3. The van der Waals surface area contributed by atoms with Crippen molar-refractivity contribution >= 4 is 12.0 Å². The number of methoxy groups -OCH3 is 1. The molecule has 0 fully saturated rings. The van der Waals surface area contributed by atoms with Gasteiger partial charge in [-0.1, -0.05) is 30.4 Å². The van der Waals surface area contributed by atoms with Gasteiger partial charge in [0.1, 0.15) is 0 Å². The average molecular weight is 176 g/mol. The molecular weight excluding hydrogens is 164 g/mol. The van der Waals surface area contributed by atoms with Gasteiger partial charge in [0.05, 0.1) is 12.7 Å². The van der Waals surface area contributed by atoms with Crippen LogP contribution in [0.4, 0.5) is 0 Å². The van der Waals surface area contributed by atoms with Crippen LogP contribution in [0.2, 0.25) is 0 Å². The maximum Gasteiger partial charge on any atom is 0.338 e. The molecule has 1 aromatic carbocycles. The lowest BCUT2D eigenvalue weighted by atomic mass is 10.1. The number of rotatable bonds is 2. The van der Waals surface area contributed by atoms with E-state index in [9.17, 15) is 4.79 Å². The molecule has 0 aliphatic carbocycles. The third-order valence-corrected chi connectivity index (χ3v) is 1.71. The molecule has 0 aromatic heterocycles. The Balaban J connectivity index is 3.11. The smallest absolute Gasteiger partial charge is 0.338 e. The summed E-state index contributed by atoms with van der Waals surface area (Å²) in [6.07, 6.45) is 3.77. The molecule has 0 saturated heterocycles. The summed E-state index contributed by atoms with van der Waals surface area (Å²) < 4.78 is 4.65. The molecule has 0 unspecified atom stereocenters. The lowest BCUT2D eigenvalue weighted by molar-refractivity contribution is 0.0600. The molecule has 2 heteroatoms. The lowest BCUT2D eigenvalue weighted by Gasteiger charge is -2.02. The van der Waals surface area contributed by atoms with Crippen molar-refractivity contribution in [1.29, 1.82) is 0 Å². The highest BCUT2D eigenvalue weighted by Crippen LogP contribution is 2.11. The van der Waals surface area contributed by atoms with Crippen molar-refractivity contribution in [3.8, 4) is 0 Å². The van der Waals surface area contributed by atoms with E-state index in [2.05, 4.69) is 4.74 Å². The minimum atomic E-state index is -0.297. The summed E-state index contributed by atoms with van der Waals surface area (Å²) in [5, 5.41) is 0. The van der Waals surface area contributed by atoms with Crippen LogP contribution in [0.5, 0.6) is 0 Å². The second kappa shape index (κ2) is 4.45. The molecule has 0 N–H and O–H groups in total. The number of esters is 1. The minimum Gasteiger partial charge on any atom is -0.465 e. The van der Waals surface area contributed by atoms with Gasteiger partial charge in [0.25, 0.3) is 0 Å². The zero-order valence-electron chi connectivity index (χ0n) is 7.78. The number of benzene rings is 1. The summed E-state index contributed by atoms with van der Waals surface area (Å²) in [6, 6.07) is 7.34. The van der Waals surface area contributed by atoms with E-state index in [1.54, 1.807) is 6.07 Å². The van der Waals surface area contributed by atoms with Gasteiger partial charge in [-0.2, -0.15) is 0 Å². The number of carbonyl (C=O) groups is 1. The van der Waals surface area contributed by atoms with E-state index in [0.29, 0.717) is 5.56 Å². The molecule has 0 spiro atoms. The highest BCUT2D eigenvalue weighted by Gasteiger charge is 2.07. The molecule has 0 heterocycles. The van der Waals surface area contributed by atoms with Crippen LogP contribution < -0.4 is 0 Å². The Hall–Kier alpha value is -1.57. The van der Waals surface area contributed by atoms with Crippen LogP contribution in [0.3, 0.4) is 0 Å². The standard InChI is InChI=1S/C11H12O2/c1-3-6-9-7-4-5-8-10(9)11(12)13-2/h3-8H,1-2H3/b6-3+. The first-order valence-electron chi connectivity index (χ1n) is 4.09. The molecule has 0 saturated carbocycles. The van der Waals surface area contributed by atoms with Gasteiger partial charge in [-0.3, -0.25) is 0 Å². The average Bonchev–Trinajstić information content (AvgIpc) is 2.18. The second-order valence-electron chi connectivity index (χ2n) is 2.58. The summed E-state index contributed by atoms with van der Waals surface area (Å²) in [5.41, 5.74) is 1.49. The summed E-state index contributed by atoms with van der Waals surface area (Å²) in [6.45, 7) is 1.91. The highest BCUT2D eigenvalue weighted by molar-refractivity contribution is 5.93. The van der Waals surface area contributed by atoms with Gasteiger partial charge in [-0.25, -0.2) is 4.79 Å². The van der Waals surface area contributed by atoms with E-state index in [4.69, 9.17) is 0 Å². The van der Waals surface area contributed by atoms with E-state index in [1.165, 1.54) is 7.11 Å². The first kappa shape index (κ1) is 9.52. The van der Waals surface area contributed by atoms with Crippen molar-refractivity contribution in [3.63, 3.8) is 0 Å². The van der Waals surface area contributed by atoms with E-state index in [0.717, 1.165) is 5.56 Å². The molecule has 13 heavy (non-hydrogen) atoms. The van der Waals surface area contributed by atoms with Crippen molar-refractivity contribution in [1.82, 2.24) is 0 Å². The molecule has 68 valence electrons. The Kier molecular flexibility index (Phi) is 3.26. The fourth-order valence-corrected chi connectivity index (χ4v) is 1.12. The quantitative estimate of drug-likeness (QED) is 0.647. The number of carbonyl (C=O) groups excluding carboxylic acids is 1. The highest BCUT2D eigenvalue weighted by atomic mass is 16.5. The van der Waals surface area contributed by atoms with E-state index in [-0.39, 0.29) is 5.97 Å². The molecule has 0 amide bonds. The van der Waals surface area contributed by atoms with Crippen LogP contribution in [-0.2, 0) is 4.74 Å². The third kappa shape index (κ3) is 2.18. The van der Waals surface area contributed by atoms with Crippen molar-refractivity contribution in [2.75, 3.05) is 7.11 Å². The Morgan fingerprint density at radius 2 is 2.08 bits per heavy atom. The molecule has 0 aliphatic heterocycles. The topological polar surface area (TPSA) is 26.3 Å². The molecule has 2 nitrogen and oxygen atoms in total. The van der Waals surface area contributed by atoms with Crippen LogP contribution in [0.1, 0.15) is 22.8 Å². The van der Waals surface area contributed by atoms with E-state index >= 15 is 0 Å². The largest absolute Gasteiger partial charge is 0.465 e. The van der Waals surface area contributed by atoms with Crippen molar-refractivity contribution in [2.24, 2.45) is 0 Å². The predicted octanol–water partition coefficient (Wildman–Crippen LogP) is 2.51. The van der Waals surface area contributed by atoms with E-state index in [1.807, 2.05) is 37.3 Å². The number of hydrogen-bond donors (Lipinski definition) is 0. The Labute approximate surface area is 77.8 Å². The van der Waals surface area contributed by atoms with Crippen LogP contribution in [0.15, 0.2) is 30.3 Å². The molecule has 0 atom stereocenters. The van der Waals surface area contributed by atoms with Crippen molar-refractivity contribution < 1.29 is 9.53 Å². The Morgan fingerprint density at radius 3 is 2.69 bits per heavy atom. The van der Waals surface area contributed by atoms with Crippen molar-refractivity contribution in [3.05, 3.63) is 41.5 Å². The first-order valence-corrected chi connectivity index (χ1v) is 4.09. The number of ether oxygens (including phenoxy) is 1. The van der Waals surface area contributed by atoms with Crippen LogP contribution in [0, 0.1) is 0 Å². The normalized spacial score (nSPS) is 10.3. The van der Waals surface area contributed by atoms with Gasteiger partial charge in [0, 0.05) is 0 Å². The zero-order chi connectivity index (χ0) is 9.68. The predicted molar refractivity (Wildman–Crippen MR) is 52.5 cm³/mol. The maximum atomic E-state index is 11.3. The van der Waals surface area contributed by atoms with Crippen LogP contribution in [-0.4, -0.2) is 13.1 Å². The van der Waals surface area contributed by atoms with Gasteiger partial charge in [0.2, 0.25) is 0 Å². The van der Waals surface area contributed by atoms with Crippen molar-refractivity contribution in [2.45, 2.75) is 6.92 Å². The van der Waals surface area contributed by atoms with E-state index < -0.39 is 0 Å². The molecule has 0 aliphatic rings. The fourth-order valence-electron chi connectivity index (χ4n) is 1.12. The molecule has 1 rings (SSSR count). The lowest BCUT2D eigenvalue weighted by Crippen LogP contribution is -2.02. The van der Waals surface area contributed by atoms with Gasteiger partial charge in [-0.05, 0) is 18.6 Å².